The Bertz CT molecular complexity index is 641. The zero-order valence-electron chi connectivity index (χ0n) is 12.6. The number of hydrogen-bond donors (Lipinski definition) is 1. The molecule has 1 N–H and O–H groups in total. The number of methoxy groups -OCH3 is 1. The predicted octanol–water partition coefficient (Wildman–Crippen LogP) is 3.16. The molecule has 2 rings (SSSR count). The predicted molar refractivity (Wildman–Crippen MR) is 81.7 cm³/mol. The van der Waals surface area contributed by atoms with E-state index in [2.05, 4.69) is 5.32 Å². The van der Waals surface area contributed by atoms with Crippen molar-refractivity contribution >= 4 is 5.91 Å². The van der Waals surface area contributed by atoms with Gasteiger partial charge in [-0.05, 0) is 42.8 Å². The van der Waals surface area contributed by atoms with Crippen LogP contribution in [0.3, 0.4) is 0 Å². The topological polar surface area (TPSA) is 47.6 Å². The molecule has 0 spiro atoms. The van der Waals surface area contributed by atoms with Gasteiger partial charge in [0.25, 0.3) is 5.91 Å². The quantitative estimate of drug-likeness (QED) is 0.891. The van der Waals surface area contributed by atoms with Gasteiger partial charge in [-0.15, -0.1) is 0 Å². The van der Waals surface area contributed by atoms with Gasteiger partial charge in [-0.2, -0.15) is 0 Å². The van der Waals surface area contributed by atoms with E-state index in [0.717, 1.165) is 17.4 Å². The van der Waals surface area contributed by atoms with E-state index >= 15 is 0 Å². The first-order chi connectivity index (χ1) is 10.6. The molecule has 0 aromatic heterocycles. The lowest BCUT2D eigenvalue weighted by atomic mass is 10.1. The molecule has 0 aliphatic heterocycles. The van der Waals surface area contributed by atoms with E-state index in [1.807, 2.05) is 31.2 Å². The monoisotopic (exact) mass is 303 g/mol. The third kappa shape index (κ3) is 3.97. The van der Waals surface area contributed by atoms with Crippen molar-refractivity contribution in [3.05, 3.63) is 59.4 Å². The Balaban J connectivity index is 1.96. The van der Waals surface area contributed by atoms with Gasteiger partial charge in [-0.3, -0.25) is 4.79 Å². The Morgan fingerprint density at radius 1 is 1.18 bits per heavy atom. The first kappa shape index (κ1) is 15.8. The summed E-state index contributed by atoms with van der Waals surface area (Å²) in [6.45, 7) is 2.89. The van der Waals surface area contributed by atoms with Crippen LogP contribution in [0.4, 0.5) is 4.39 Å². The molecule has 116 valence electrons. The normalized spacial score (nSPS) is 10.1. The summed E-state index contributed by atoms with van der Waals surface area (Å²) in [5.41, 5.74) is 1.19. The number of benzene rings is 2. The van der Waals surface area contributed by atoms with E-state index < -0.39 is 5.82 Å². The minimum absolute atomic E-state index is 0.114. The van der Waals surface area contributed by atoms with E-state index in [4.69, 9.17) is 9.47 Å². The highest BCUT2D eigenvalue weighted by molar-refractivity contribution is 5.94. The van der Waals surface area contributed by atoms with Crippen molar-refractivity contribution < 1.29 is 18.7 Å². The van der Waals surface area contributed by atoms with E-state index in [1.54, 1.807) is 0 Å². The minimum atomic E-state index is -0.559. The number of amides is 1. The van der Waals surface area contributed by atoms with Gasteiger partial charge in [-0.25, -0.2) is 4.39 Å². The number of hydrogen-bond acceptors (Lipinski definition) is 3. The second-order valence-electron chi connectivity index (χ2n) is 4.61. The smallest absolute Gasteiger partial charge is 0.251 e. The third-order valence-electron chi connectivity index (χ3n) is 3.10. The Morgan fingerprint density at radius 3 is 2.50 bits per heavy atom. The fourth-order valence-electron chi connectivity index (χ4n) is 1.96. The minimum Gasteiger partial charge on any atom is -0.494 e. The Kier molecular flexibility index (Phi) is 5.36. The summed E-state index contributed by atoms with van der Waals surface area (Å²) in [6, 6.07) is 11.6. The highest BCUT2D eigenvalue weighted by Gasteiger charge is 2.09. The van der Waals surface area contributed by atoms with Crippen molar-refractivity contribution in [2.24, 2.45) is 0 Å². The van der Waals surface area contributed by atoms with E-state index in [-0.39, 0.29) is 17.2 Å². The van der Waals surface area contributed by atoms with Crippen LogP contribution in [-0.2, 0) is 6.54 Å². The molecule has 0 unspecified atom stereocenters. The van der Waals surface area contributed by atoms with Crippen LogP contribution < -0.4 is 14.8 Å². The molecule has 0 saturated carbocycles. The molecule has 0 aliphatic rings. The summed E-state index contributed by atoms with van der Waals surface area (Å²) < 4.78 is 23.7. The Morgan fingerprint density at radius 2 is 1.91 bits per heavy atom. The maximum atomic E-state index is 13.6. The van der Waals surface area contributed by atoms with Gasteiger partial charge in [0.05, 0.1) is 13.7 Å². The molecule has 2 aromatic rings. The number of carbonyl (C=O) groups excluding carboxylic acids is 1. The molecule has 0 fully saturated rings. The SMILES string of the molecule is CCOc1ccc(CNC(=O)c2ccc(OC)c(F)c2)cc1. The standard InChI is InChI=1S/C17H18FNO3/c1-3-22-14-7-4-12(5-8-14)11-19-17(20)13-6-9-16(21-2)15(18)10-13/h4-10H,3,11H2,1-2H3,(H,19,20). The second-order valence-corrected chi connectivity index (χ2v) is 4.61. The van der Waals surface area contributed by atoms with E-state index in [0.29, 0.717) is 13.2 Å². The van der Waals surface area contributed by atoms with Crippen molar-refractivity contribution in [2.45, 2.75) is 13.5 Å². The van der Waals surface area contributed by atoms with Crippen LogP contribution in [0.2, 0.25) is 0 Å². The van der Waals surface area contributed by atoms with Gasteiger partial charge in [0.1, 0.15) is 5.75 Å². The van der Waals surface area contributed by atoms with Crippen molar-refractivity contribution in [1.82, 2.24) is 5.32 Å². The zero-order chi connectivity index (χ0) is 15.9. The number of ether oxygens (including phenoxy) is 2. The number of carbonyl (C=O) groups is 1. The fourth-order valence-corrected chi connectivity index (χ4v) is 1.96. The molecule has 0 heterocycles. The first-order valence-corrected chi connectivity index (χ1v) is 6.97. The van der Waals surface area contributed by atoms with Crippen LogP contribution in [0.1, 0.15) is 22.8 Å². The summed E-state index contributed by atoms with van der Waals surface area (Å²) in [5, 5.41) is 2.74. The first-order valence-electron chi connectivity index (χ1n) is 6.97. The van der Waals surface area contributed by atoms with Crippen molar-refractivity contribution in [3.63, 3.8) is 0 Å². The maximum absolute atomic E-state index is 13.6. The van der Waals surface area contributed by atoms with Crippen molar-refractivity contribution in [2.75, 3.05) is 13.7 Å². The summed E-state index contributed by atoms with van der Waals surface area (Å²) in [7, 11) is 1.38. The summed E-state index contributed by atoms with van der Waals surface area (Å²) in [4.78, 5) is 12.0. The maximum Gasteiger partial charge on any atom is 0.251 e. The lowest BCUT2D eigenvalue weighted by Gasteiger charge is -2.08. The highest BCUT2D eigenvalue weighted by atomic mass is 19.1. The van der Waals surface area contributed by atoms with E-state index in [1.165, 1.54) is 19.2 Å². The fraction of sp³-hybridized carbons (Fsp3) is 0.235. The van der Waals surface area contributed by atoms with E-state index in [9.17, 15) is 9.18 Å². The van der Waals surface area contributed by atoms with Gasteiger partial charge in [0.2, 0.25) is 0 Å². The van der Waals surface area contributed by atoms with Gasteiger partial charge in [0.15, 0.2) is 11.6 Å². The summed E-state index contributed by atoms with van der Waals surface area (Å²) in [6.07, 6.45) is 0. The molecule has 5 heteroatoms. The lowest BCUT2D eigenvalue weighted by Crippen LogP contribution is -2.22. The molecular formula is C17H18FNO3. The number of rotatable bonds is 6. The molecule has 4 nitrogen and oxygen atoms in total. The van der Waals surface area contributed by atoms with Crippen LogP contribution in [0.5, 0.6) is 11.5 Å². The van der Waals surface area contributed by atoms with Crippen LogP contribution in [0.25, 0.3) is 0 Å². The Hall–Kier alpha value is -2.56. The molecular weight excluding hydrogens is 285 g/mol. The average molecular weight is 303 g/mol. The van der Waals surface area contributed by atoms with Crippen LogP contribution in [0, 0.1) is 5.82 Å². The number of nitrogens with one attached hydrogen (secondary N) is 1. The Labute approximate surface area is 128 Å². The molecule has 0 aliphatic carbocycles. The van der Waals surface area contributed by atoms with Crippen LogP contribution in [0.15, 0.2) is 42.5 Å². The molecule has 22 heavy (non-hydrogen) atoms. The summed E-state index contributed by atoms with van der Waals surface area (Å²) in [5.74, 6) is 0.00419. The van der Waals surface area contributed by atoms with Gasteiger partial charge in [-0.1, -0.05) is 12.1 Å². The van der Waals surface area contributed by atoms with Gasteiger partial charge < -0.3 is 14.8 Å². The van der Waals surface area contributed by atoms with Crippen molar-refractivity contribution in [1.29, 1.82) is 0 Å². The third-order valence-corrected chi connectivity index (χ3v) is 3.10. The highest BCUT2D eigenvalue weighted by Crippen LogP contribution is 2.18. The largest absolute Gasteiger partial charge is 0.494 e. The van der Waals surface area contributed by atoms with Crippen LogP contribution in [-0.4, -0.2) is 19.6 Å². The van der Waals surface area contributed by atoms with Crippen LogP contribution >= 0.6 is 0 Å². The van der Waals surface area contributed by atoms with Gasteiger partial charge in [0, 0.05) is 12.1 Å². The molecule has 0 saturated heterocycles. The summed E-state index contributed by atoms with van der Waals surface area (Å²) >= 11 is 0. The van der Waals surface area contributed by atoms with Crippen molar-refractivity contribution in [3.8, 4) is 11.5 Å². The molecule has 0 bridgehead atoms. The average Bonchev–Trinajstić information content (AvgIpc) is 2.54. The molecule has 2 aromatic carbocycles. The second kappa shape index (κ2) is 7.45. The zero-order valence-corrected chi connectivity index (χ0v) is 12.6. The van der Waals surface area contributed by atoms with Gasteiger partial charge >= 0.3 is 0 Å². The number of halogens is 1. The molecule has 0 radical (unpaired) electrons. The lowest BCUT2D eigenvalue weighted by molar-refractivity contribution is 0.0950. The molecule has 1 amide bonds. The molecule has 0 atom stereocenters.